The standard InChI is InChI=1S/C10H17NSi2/c1-12(2)11(13(3)4)10-8-6-5-7-9-10/h5-9,13H,1H2,2-4H3. The molecule has 70 valence electrons. The second-order valence-corrected chi connectivity index (χ2v) is 8.71. The fraction of sp³-hybridized carbons (Fsp3) is 0.300. The van der Waals surface area contributed by atoms with Crippen molar-refractivity contribution >= 4 is 29.4 Å². The normalized spacial score (nSPS) is 10.2. The molecule has 1 aromatic carbocycles. The van der Waals surface area contributed by atoms with Crippen LogP contribution in [0.15, 0.2) is 30.3 Å². The van der Waals surface area contributed by atoms with E-state index >= 15 is 0 Å². The summed E-state index contributed by atoms with van der Waals surface area (Å²) in [5.74, 6) is 0. The molecule has 1 aromatic rings. The zero-order chi connectivity index (χ0) is 9.84. The van der Waals surface area contributed by atoms with Crippen LogP contribution in [0.5, 0.6) is 0 Å². The van der Waals surface area contributed by atoms with E-state index in [1.165, 1.54) is 5.69 Å². The highest BCUT2D eigenvalue weighted by molar-refractivity contribution is 6.82. The van der Waals surface area contributed by atoms with Crippen molar-refractivity contribution in [1.29, 1.82) is 0 Å². The first kappa shape index (κ1) is 10.4. The Bertz CT molecular complexity index is 282. The largest absolute Gasteiger partial charge is 0.409 e. The molecule has 0 bridgehead atoms. The van der Waals surface area contributed by atoms with Gasteiger partial charge in [0.1, 0.15) is 17.5 Å². The number of rotatable bonds is 3. The van der Waals surface area contributed by atoms with Crippen LogP contribution < -0.4 is 4.23 Å². The molecule has 0 unspecified atom stereocenters. The summed E-state index contributed by atoms with van der Waals surface area (Å²) in [5, 5.41) is 0. The van der Waals surface area contributed by atoms with Gasteiger partial charge in [-0.2, -0.15) is 0 Å². The maximum absolute atomic E-state index is 4.20. The van der Waals surface area contributed by atoms with Gasteiger partial charge in [-0.15, -0.1) is 0 Å². The van der Waals surface area contributed by atoms with Crippen molar-refractivity contribution in [3.05, 3.63) is 30.3 Å². The molecule has 0 radical (unpaired) electrons. The maximum atomic E-state index is 4.20. The predicted molar refractivity (Wildman–Crippen MR) is 66.5 cm³/mol. The Hall–Kier alpha value is -0.676. The number of hydrogen-bond acceptors (Lipinski definition) is 1. The van der Waals surface area contributed by atoms with E-state index in [-0.39, 0.29) is 0 Å². The van der Waals surface area contributed by atoms with Gasteiger partial charge >= 0.3 is 0 Å². The Labute approximate surface area is 84.0 Å². The van der Waals surface area contributed by atoms with E-state index in [0.717, 1.165) is 0 Å². The molecule has 0 heterocycles. The number of benzene rings is 1. The van der Waals surface area contributed by atoms with E-state index in [1.54, 1.807) is 0 Å². The molecule has 1 nitrogen and oxygen atoms in total. The molecule has 0 saturated carbocycles. The highest BCUT2D eigenvalue weighted by atomic mass is 28.3. The Kier molecular flexibility index (Phi) is 3.63. The van der Waals surface area contributed by atoms with Crippen molar-refractivity contribution < 1.29 is 0 Å². The molecular weight excluding hydrogens is 190 g/mol. The SMILES string of the molecule is C=[Si](C)N(c1ccccc1)[SiH](C)C. The van der Waals surface area contributed by atoms with Crippen LogP contribution in [-0.2, 0) is 0 Å². The van der Waals surface area contributed by atoms with Crippen LogP contribution in [0, 0.1) is 0 Å². The molecule has 0 aliphatic rings. The fourth-order valence-electron chi connectivity index (χ4n) is 1.55. The smallest absolute Gasteiger partial charge is 0.129 e. The lowest BCUT2D eigenvalue weighted by atomic mass is 10.3. The minimum Gasteiger partial charge on any atom is -0.409 e. The molecule has 0 atom stereocenters. The molecule has 0 aliphatic heterocycles. The summed E-state index contributed by atoms with van der Waals surface area (Å²) in [7, 11) is -1.33. The molecule has 0 N–H and O–H groups in total. The van der Waals surface area contributed by atoms with E-state index in [1.807, 2.05) is 0 Å². The average Bonchev–Trinajstić information content (AvgIpc) is 2.04. The second kappa shape index (κ2) is 4.53. The minimum absolute atomic E-state index is 0.580. The molecular formula is C10H17NSi2. The van der Waals surface area contributed by atoms with E-state index in [9.17, 15) is 0 Å². The summed E-state index contributed by atoms with van der Waals surface area (Å²) in [5.41, 5.74) is 1.36. The topological polar surface area (TPSA) is 3.24 Å². The third-order valence-electron chi connectivity index (χ3n) is 1.96. The summed E-state index contributed by atoms with van der Waals surface area (Å²) in [6, 6.07) is 10.6. The van der Waals surface area contributed by atoms with Gasteiger partial charge in [0.05, 0.1) is 0 Å². The summed E-state index contributed by atoms with van der Waals surface area (Å²) in [4.78, 5) is 0. The lowest BCUT2D eigenvalue weighted by molar-refractivity contribution is 1.49. The van der Waals surface area contributed by atoms with Crippen molar-refractivity contribution in [2.24, 2.45) is 0 Å². The fourth-order valence-corrected chi connectivity index (χ4v) is 6.43. The Balaban J connectivity index is 2.96. The first-order valence-electron chi connectivity index (χ1n) is 4.62. The van der Waals surface area contributed by atoms with Gasteiger partial charge in [0.15, 0.2) is 0 Å². The molecule has 0 fully saturated rings. The van der Waals surface area contributed by atoms with E-state index in [2.05, 4.69) is 60.4 Å². The highest BCUT2D eigenvalue weighted by Crippen LogP contribution is 2.14. The molecule has 0 aromatic heterocycles. The van der Waals surface area contributed by atoms with Crippen molar-refractivity contribution in [2.45, 2.75) is 19.6 Å². The van der Waals surface area contributed by atoms with Crippen molar-refractivity contribution in [3.8, 4) is 0 Å². The Morgan fingerprint density at radius 2 is 1.77 bits per heavy atom. The zero-order valence-corrected chi connectivity index (χ0v) is 10.8. The van der Waals surface area contributed by atoms with Gasteiger partial charge in [-0.25, -0.2) is 0 Å². The second-order valence-electron chi connectivity index (χ2n) is 3.53. The third-order valence-corrected chi connectivity index (χ3v) is 7.25. The number of anilines is 1. The predicted octanol–water partition coefficient (Wildman–Crippen LogP) is 2.11. The monoisotopic (exact) mass is 207 g/mol. The van der Waals surface area contributed by atoms with Gasteiger partial charge in [-0.3, -0.25) is 0 Å². The number of para-hydroxylation sites is 1. The molecule has 0 amide bonds. The van der Waals surface area contributed by atoms with Crippen molar-refractivity contribution in [2.75, 3.05) is 4.23 Å². The number of hydrogen-bond donors (Lipinski definition) is 0. The molecule has 13 heavy (non-hydrogen) atoms. The van der Waals surface area contributed by atoms with E-state index in [0.29, 0.717) is 0 Å². The summed E-state index contributed by atoms with van der Waals surface area (Å²) in [6.45, 7) is 6.96. The van der Waals surface area contributed by atoms with Gasteiger partial charge in [0.2, 0.25) is 0 Å². The van der Waals surface area contributed by atoms with Crippen LogP contribution in [0.25, 0.3) is 0 Å². The first-order chi connectivity index (χ1) is 6.13. The highest BCUT2D eigenvalue weighted by Gasteiger charge is 2.11. The van der Waals surface area contributed by atoms with Crippen LogP contribution in [-0.4, -0.2) is 23.7 Å². The lowest BCUT2D eigenvalue weighted by Crippen LogP contribution is -2.40. The van der Waals surface area contributed by atoms with Crippen LogP contribution in [0.3, 0.4) is 0 Å². The first-order valence-corrected chi connectivity index (χ1v) is 9.60. The molecule has 0 spiro atoms. The molecule has 0 saturated heterocycles. The van der Waals surface area contributed by atoms with Gasteiger partial charge in [0.25, 0.3) is 0 Å². The van der Waals surface area contributed by atoms with Gasteiger partial charge in [0, 0.05) is 5.69 Å². The van der Waals surface area contributed by atoms with E-state index < -0.39 is 17.5 Å². The zero-order valence-electron chi connectivity index (χ0n) is 8.62. The minimum atomic E-state index is -0.754. The Morgan fingerprint density at radius 3 is 2.15 bits per heavy atom. The summed E-state index contributed by atoms with van der Waals surface area (Å²) < 4.78 is 2.55. The van der Waals surface area contributed by atoms with E-state index in [4.69, 9.17) is 0 Å². The molecule has 0 aliphatic carbocycles. The third kappa shape index (κ3) is 2.64. The lowest BCUT2D eigenvalue weighted by Gasteiger charge is -2.28. The Morgan fingerprint density at radius 1 is 1.23 bits per heavy atom. The van der Waals surface area contributed by atoms with Crippen LogP contribution in [0.1, 0.15) is 0 Å². The van der Waals surface area contributed by atoms with Crippen molar-refractivity contribution in [1.82, 2.24) is 0 Å². The maximum Gasteiger partial charge on any atom is 0.129 e. The summed E-state index contributed by atoms with van der Waals surface area (Å²) >= 11 is 0. The molecule has 3 heteroatoms. The van der Waals surface area contributed by atoms with Crippen molar-refractivity contribution in [3.63, 3.8) is 0 Å². The van der Waals surface area contributed by atoms with Gasteiger partial charge in [-0.1, -0.05) is 37.5 Å². The quantitative estimate of drug-likeness (QED) is 0.686. The molecule has 1 rings (SSSR count). The van der Waals surface area contributed by atoms with Gasteiger partial charge < -0.3 is 4.23 Å². The summed E-state index contributed by atoms with van der Waals surface area (Å²) in [6.07, 6.45) is 4.20. The average molecular weight is 207 g/mol. The van der Waals surface area contributed by atoms with Crippen LogP contribution in [0.2, 0.25) is 19.6 Å². The van der Waals surface area contributed by atoms with Crippen LogP contribution >= 0.6 is 0 Å². The number of nitrogens with zero attached hydrogens (tertiary/aromatic N) is 1. The van der Waals surface area contributed by atoms with Gasteiger partial charge in [-0.05, 0) is 18.7 Å². The van der Waals surface area contributed by atoms with Crippen LogP contribution in [0.4, 0.5) is 5.69 Å².